The van der Waals surface area contributed by atoms with Gasteiger partial charge in [0.2, 0.25) is 11.8 Å². The molecule has 0 atom stereocenters. The summed E-state index contributed by atoms with van der Waals surface area (Å²) >= 11 is 0. The van der Waals surface area contributed by atoms with Crippen LogP contribution in [0.15, 0.2) is 24.3 Å². The second kappa shape index (κ2) is 11.5. The Morgan fingerprint density at radius 1 is 1.11 bits per heavy atom. The lowest BCUT2D eigenvalue weighted by atomic mass is 9.95. The van der Waals surface area contributed by atoms with E-state index >= 15 is 0 Å². The third-order valence-corrected chi connectivity index (χ3v) is 5.88. The van der Waals surface area contributed by atoms with Gasteiger partial charge in [-0.1, -0.05) is 20.8 Å². The molecule has 0 saturated carbocycles. The van der Waals surface area contributed by atoms with Crippen molar-refractivity contribution in [3.05, 3.63) is 29.8 Å². The molecule has 1 aliphatic heterocycles. The van der Waals surface area contributed by atoms with E-state index in [1.807, 2.05) is 25.7 Å². The number of hydrogen-bond donors (Lipinski definition) is 3. The van der Waals surface area contributed by atoms with E-state index in [9.17, 15) is 19.5 Å². The SMILES string of the molecule is COCCCNC(=O)CN1CCN(c2cc(C(=O)O)c3cc(NC(=O)C(C)(C)C)ccc3n2)CC1. The summed E-state index contributed by atoms with van der Waals surface area (Å²) in [5.74, 6) is -0.632. The number of carbonyl (C=O) groups is 3. The van der Waals surface area contributed by atoms with Crippen molar-refractivity contribution in [2.75, 3.05) is 63.2 Å². The Kier molecular flexibility index (Phi) is 8.63. The molecule has 190 valence electrons. The number of methoxy groups -OCH3 is 1. The Hall–Kier alpha value is -3.24. The maximum atomic E-state index is 12.3. The van der Waals surface area contributed by atoms with Crippen LogP contribution in [-0.2, 0) is 14.3 Å². The van der Waals surface area contributed by atoms with E-state index in [4.69, 9.17) is 9.72 Å². The van der Waals surface area contributed by atoms with Gasteiger partial charge in [0.1, 0.15) is 5.82 Å². The number of nitrogens with one attached hydrogen (secondary N) is 2. The average Bonchev–Trinajstić information content (AvgIpc) is 2.81. The van der Waals surface area contributed by atoms with E-state index in [1.54, 1.807) is 31.4 Å². The normalized spacial score (nSPS) is 14.7. The van der Waals surface area contributed by atoms with Crippen molar-refractivity contribution in [2.45, 2.75) is 27.2 Å². The van der Waals surface area contributed by atoms with Crippen LogP contribution in [0.1, 0.15) is 37.6 Å². The van der Waals surface area contributed by atoms with E-state index in [2.05, 4.69) is 15.5 Å². The molecule has 2 aromatic rings. The first kappa shape index (κ1) is 26.4. The van der Waals surface area contributed by atoms with Crippen molar-refractivity contribution in [3.8, 4) is 0 Å². The zero-order valence-corrected chi connectivity index (χ0v) is 20.9. The minimum absolute atomic E-state index is 0.0131. The smallest absolute Gasteiger partial charge is 0.336 e. The molecule has 1 fully saturated rings. The van der Waals surface area contributed by atoms with Gasteiger partial charge in [0.05, 0.1) is 17.6 Å². The largest absolute Gasteiger partial charge is 0.478 e. The summed E-state index contributed by atoms with van der Waals surface area (Å²) in [6, 6.07) is 6.70. The number of carboxylic acid groups (broad SMARTS) is 1. The van der Waals surface area contributed by atoms with Crippen LogP contribution in [0.4, 0.5) is 11.5 Å². The van der Waals surface area contributed by atoms with Crippen molar-refractivity contribution < 1.29 is 24.2 Å². The second-order valence-corrected chi connectivity index (χ2v) is 9.73. The van der Waals surface area contributed by atoms with Crippen molar-refractivity contribution in [1.82, 2.24) is 15.2 Å². The summed E-state index contributed by atoms with van der Waals surface area (Å²) in [5, 5.41) is 16.1. The summed E-state index contributed by atoms with van der Waals surface area (Å²) in [6.45, 7) is 9.59. The second-order valence-electron chi connectivity index (χ2n) is 9.73. The number of amides is 2. The van der Waals surface area contributed by atoms with Gasteiger partial charge in [-0.05, 0) is 30.7 Å². The number of hydrogen-bond acceptors (Lipinski definition) is 7. The average molecular weight is 486 g/mol. The molecule has 10 nitrogen and oxygen atoms in total. The highest BCUT2D eigenvalue weighted by Gasteiger charge is 2.24. The third kappa shape index (κ3) is 7.12. The van der Waals surface area contributed by atoms with Gasteiger partial charge in [0, 0.05) is 62.9 Å². The van der Waals surface area contributed by atoms with E-state index in [-0.39, 0.29) is 17.4 Å². The minimum Gasteiger partial charge on any atom is -0.478 e. The highest BCUT2D eigenvalue weighted by Crippen LogP contribution is 2.27. The molecule has 0 unspecified atom stereocenters. The molecule has 1 aromatic heterocycles. The van der Waals surface area contributed by atoms with Crippen LogP contribution in [0.3, 0.4) is 0 Å². The van der Waals surface area contributed by atoms with Gasteiger partial charge in [-0.15, -0.1) is 0 Å². The highest BCUT2D eigenvalue weighted by molar-refractivity contribution is 6.05. The maximum Gasteiger partial charge on any atom is 0.336 e. The van der Waals surface area contributed by atoms with Crippen molar-refractivity contribution in [2.24, 2.45) is 5.41 Å². The molecular weight excluding hydrogens is 450 g/mol. The topological polar surface area (TPSA) is 124 Å². The zero-order chi connectivity index (χ0) is 25.6. The fraction of sp³-hybridized carbons (Fsp3) is 0.520. The number of pyridine rings is 1. The Morgan fingerprint density at radius 2 is 1.83 bits per heavy atom. The predicted octanol–water partition coefficient (Wildman–Crippen LogP) is 2.19. The number of fused-ring (bicyclic) bond motifs is 1. The van der Waals surface area contributed by atoms with Gasteiger partial charge in [0.15, 0.2) is 0 Å². The number of benzene rings is 1. The number of nitrogens with zero attached hydrogens (tertiary/aromatic N) is 3. The van der Waals surface area contributed by atoms with Crippen LogP contribution < -0.4 is 15.5 Å². The number of carboxylic acids is 1. The lowest BCUT2D eigenvalue weighted by Gasteiger charge is -2.35. The van der Waals surface area contributed by atoms with Crippen LogP contribution >= 0.6 is 0 Å². The summed E-state index contributed by atoms with van der Waals surface area (Å²) < 4.78 is 4.98. The summed E-state index contributed by atoms with van der Waals surface area (Å²) in [6.07, 6.45) is 0.778. The Balaban J connectivity index is 1.69. The first-order valence-electron chi connectivity index (χ1n) is 11.8. The molecule has 10 heteroatoms. The molecule has 3 rings (SSSR count). The Labute approximate surface area is 205 Å². The zero-order valence-electron chi connectivity index (χ0n) is 20.9. The van der Waals surface area contributed by atoms with Crippen LogP contribution in [0, 0.1) is 5.41 Å². The van der Waals surface area contributed by atoms with Crippen LogP contribution in [0.2, 0.25) is 0 Å². The number of carbonyl (C=O) groups excluding carboxylic acids is 2. The standard InChI is InChI=1S/C25H35N5O5/c1-25(2,3)24(34)27-17-6-7-20-18(14-17)19(23(32)33)15-21(28-20)30-11-9-29(10-12-30)16-22(31)26-8-5-13-35-4/h6-7,14-15H,5,8-13,16H2,1-4H3,(H,26,31)(H,27,34)(H,32,33). The quantitative estimate of drug-likeness (QED) is 0.462. The number of ether oxygens (including phenoxy) is 1. The number of aromatic nitrogens is 1. The third-order valence-electron chi connectivity index (χ3n) is 5.88. The molecule has 0 bridgehead atoms. The number of piperazine rings is 1. The summed E-state index contributed by atoms with van der Waals surface area (Å²) in [4.78, 5) is 45.3. The van der Waals surface area contributed by atoms with E-state index in [1.165, 1.54) is 0 Å². The molecule has 2 amide bonds. The molecule has 3 N–H and O–H groups in total. The minimum atomic E-state index is -1.05. The molecule has 0 radical (unpaired) electrons. The van der Waals surface area contributed by atoms with Crippen molar-refractivity contribution in [3.63, 3.8) is 0 Å². The summed E-state index contributed by atoms with van der Waals surface area (Å²) in [5.41, 5.74) is 0.643. The monoisotopic (exact) mass is 485 g/mol. The summed E-state index contributed by atoms with van der Waals surface area (Å²) in [7, 11) is 1.63. The van der Waals surface area contributed by atoms with Crippen LogP contribution in [0.25, 0.3) is 10.9 Å². The van der Waals surface area contributed by atoms with Crippen molar-refractivity contribution in [1.29, 1.82) is 0 Å². The fourth-order valence-corrected chi connectivity index (χ4v) is 3.79. The number of anilines is 2. The Morgan fingerprint density at radius 3 is 2.46 bits per heavy atom. The fourth-order valence-electron chi connectivity index (χ4n) is 3.79. The first-order valence-corrected chi connectivity index (χ1v) is 11.8. The highest BCUT2D eigenvalue weighted by atomic mass is 16.5. The number of aromatic carboxylic acids is 1. The van der Waals surface area contributed by atoms with Gasteiger partial charge < -0.3 is 25.4 Å². The molecular formula is C25H35N5O5. The molecule has 1 saturated heterocycles. The van der Waals surface area contributed by atoms with Gasteiger partial charge in [-0.2, -0.15) is 0 Å². The van der Waals surface area contributed by atoms with Gasteiger partial charge >= 0.3 is 5.97 Å². The van der Waals surface area contributed by atoms with Gasteiger partial charge in [0.25, 0.3) is 0 Å². The van der Waals surface area contributed by atoms with Gasteiger partial charge in [-0.25, -0.2) is 9.78 Å². The molecule has 0 spiro atoms. The lowest BCUT2D eigenvalue weighted by molar-refractivity contribution is -0.123. The molecule has 1 aliphatic rings. The lowest BCUT2D eigenvalue weighted by Crippen LogP contribution is -2.49. The van der Waals surface area contributed by atoms with E-state index in [0.29, 0.717) is 68.3 Å². The number of rotatable bonds is 9. The van der Waals surface area contributed by atoms with Crippen LogP contribution in [0.5, 0.6) is 0 Å². The maximum absolute atomic E-state index is 12.3. The molecule has 35 heavy (non-hydrogen) atoms. The van der Waals surface area contributed by atoms with E-state index in [0.717, 1.165) is 6.42 Å². The Bertz CT molecular complexity index is 1070. The van der Waals surface area contributed by atoms with E-state index < -0.39 is 11.4 Å². The first-order chi connectivity index (χ1) is 16.6. The molecule has 1 aromatic carbocycles. The predicted molar refractivity (Wildman–Crippen MR) is 135 cm³/mol. The van der Waals surface area contributed by atoms with Crippen molar-refractivity contribution >= 4 is 40.2 Å². The molecule has 0 aliphatic carbocycles. The van der Waals surface area contributed by atoms with Crippen LogP contribution in [-0.4, -0.2) is 85.8 Å². The van der Waals surface area contributed by atoms with Gasteiger partial charge in [-0.3, -0.25) is 14.5 Å². The molecule has 2 heterocycles.